The van der Waals surface area contributed by atoms with Crippen LogP contribution in [0.1, 0.15) is 0 Å². The van der Waals surface area contributed by atoms with E-state index in [0.717, 1.165) is 0 Å². The molecule has 2 aromatic carbocycles. The Kier molecular flexibility index (Phi) is 6.05. The van der Waals surface area contributed by atoms with Crippen molar-refractivity contribution in [1.29, 1.82) is 0 Å². The fourth-order valence-electron chi connectivity index (χ4n) is 2.01. The monoisotopic (exact) mass is 381 g/mol. The number of hydrogen-bond donors (Lipinski definition) is 3. The van der Waals surface area contributed by atoms with Crippen molar-refractivity contribution in [2.75, 3.05) is 31.3 Å². The lowest BCUT2D eigenvalue weighted by Crippen LogP contribution is -2.26. The molecule has 9 heteroatoms. The van der Waals surface area contributed by atoms with Gasteiger partial charge in [-0.1, -0.05) is 0 Å². The van der Waals surface area contributed by atoms with Crippen molar-refractivity contribution in [2.45, 2.75) is 4.90 Å². The Morgan fingerprint density at radius 2 is 1.60 bits per heavy atom. The fraction of sp³-hybridized carbons (Fsp3) is 0.188. The summed E-state index contributed by atoms with van der Waals surface area (Å²) in [6.45, 7) is 0. The smallest absolute Gasteiger partial charge is 0.264 e. The lowest BCUT2D eigenvalue weighted by Gasteiger charge is -2.15. The summed E-state index contributed by atoms with van der Waals surface area (Å²) < 4.78 is 38.3. The molecule has 0 atom stereocenters. The van der Waals surface area contributed by atoms with Gasteiger partial charge in [-0.05, 0) is 48.6 Å². The van der Waals surface area contributed by atoms with Gasteiger partial charge in [0.1, 0.15) is 16.4 Å². The number of hydrogen-bond acceptors (Lipinski definition) is 5. The molecule has 0 aliphatic heterocycles. The summed E-state index contributed by atoms with van der Waals surface area (Å²) in [6.07, 6.45) is 0. The molecule has 0 fully saturated rings. The molecule has 0 aromatic heterocycles. The number of rotatable bonds is 6. The molecule has 0 aliphatic rings. The van der Waals surface area contributed by atoms with Crippen LogP contribution in [0.3, 0.4) is 0 Å². The van der Waals surface area contributed by atoms with E-state index in [9.17, 15) is 8.42 Å². The molecule has 0 heterocycles. The van der Waals surface area contributed by atoms with Crippen LogP contribution in [0, 0.1) is 0 Å². The first kappa shape index (κ1) is 18.8. The molecule has 25 heavy (non-hydrogen) atoms. The highest BCUT2D eigenvalue weighted by Crippen LogP contribution is 2.28. The maximum atomic E-state index is 12.8. The summed E-state index contributed by atoms with van der Waals surface area (Å²) >= 11 is 5.06. The minimum absolute atomic E-state index is 0.0141. The third kappa shape index (κ3) is 4.74. The van der Waals surface area contributed by atoms with E-state index in [1.54, 1.807) is 43.4 Å². The molecule has 2 rings (SSSR count). The SMILES string of the molecule is CNC(=S)Nc1ccc(OC)cc1S(=O)(=O)Nc1ccc(OC)cc1. The van der Waals surface area contributed by atoms with Gasteiger partial charge in [-0.25, -0.2) is 8.42 Å². The Hall–Kier alpha value is -2.52. The van der Waals surface area contributed by atoms with E-state index in [2.05, 4.69) is 15.4 Å². The maximum absolute atomic E-state index is 12.8. The van der Waals surface area contributed by atoms with Gasteiger partial charge in [0.2, 0.25) is 0 Å². The Morgan fingerprint density at radius 3 is 2.16 bits per heavy atom. The minimum Gasteiger partial charge on any atom is -0.497 e. The van der Waals surface area contributed by atoms with Crippen molar-refractivity contribution in [3.05, 3.63) is 42.5 Å². The van der Waals surface area contributed by atoms with Gasteiger partial charge >= 0.3 is 0 Å². The van der Waals surface area contributed by atoms with E-state index in [1.807, 2.05) is 0 Å². The average Bonchev–Trinajstić information content (AvgIpc) is 2.62. The third-order valence-corrected chi connectivity index (χ3v) is 5.02. The molecule has 134 valence electrons. The summed E-state index contributed by atoms with van der Waals surface area (Å²) in [5.74, 6) is 1.04. The second-order valence-electron chi connectivity index (χ2n) is 4.90. The molecule has 0 radical (unpaired) electrons. The quantitative estimate of drug-likeness (QED) is 0.662. The standard InChI is InChI=1S/C16H19N3O4S2/c1-17-16(24)18-14-9-8-13(23-3)10-15(14)25(20,21)19-11-4-6-12(22-2)7-5-11/h4-10,19H,1-3H3,(H2,17,18,24). The number of benzene rings is 2. The number of anilines is 2. The van der Waals surface area contributed by atoms with Gasteiger partial charge in [0.15, 0.2) is 5.11 Å². The molecule has 0 amide bonds. The van der Waals surface area contributed by atoms with Crippen LogP contribution in [0.15, 0.2) is 47.4 Å². The van der Waals surface area contributed by atoms with Crippen LogP contribution in [0.25, 0.3) is 0 Å². The Labute approximate surface area is 152 Å². The lowest BCUT2D eigenvalue weighted by molar-refractivity contribution is 0.413. The number of sulfonamides is 1. The summed E-state index contributed by atoms with van der Waals surface area (Å²) in [6, 6.07) is 11.2. The van der Waals surface area contributed by atoms with Crippen molar-refractivity contribution in [1.82, 2.24) is 5.32 Å². The molecule has 0 spiro atoms. The highest BCUT2D eigenvalue weighted by atomic mass is 32.2. The molecule has 7 nitrogen and oxygen atoms in total. The van der Waals surface area contributed by atoms with Crippen molar-refractivity contribution in [3.8, 4) is 11.5 Å². The second-order valence-corrected chi connectivity index (χ2v) is 6.96. The van der Waals surface area contributed by atoms with Gasteiger partial charge in [-0.3, -0.25) is 4.72 Å². The summed E-state index contributed by atoms with van der Waals surface area (Å²) in [4.78, 5) is 0.0141. The van der Waals surface area contributed by atoms with Crippen LogP contribution in [0.5, 0.6) is 11.5 Å². The largest absolute Gasteiger partial charge is 0.497 e. The second kappa shape index (κ2) is 8.04. The van der Waals surface area contributed by atoms with E-state index in [1.165, 1.54) is 20.3 Å². The van der Waals surface area contributed by atoms with E-state index >= 15 is 0 Å². The predicted molar refractivity (Wildman–Crippen MR) is 102 cm³/mol. The van der Waals surface area contributed by atoms with Gasteiger partial charge in [-0.2, -0.15) is 0 Å². The summed E-state index contributed by atoms with van der Waals surface area (Å²) in [5.41, 5.74) is 0.743. The van der Waals surface area contributed by atoms with E-state index < -0.39 is 10.0 Å². The van der Waals surface area contributed by atoms with E-state index in [0.29, 0.717) is 28.0 Å². The van der Waals surface area contributed by atoms with Crippen molar-refractivity contribution < 1.29 is 17.9 Å². The van der Waals surface area contributed by atoms with Gasteiger partial charge in [-0.15, -0.1) is 0 Å². The number of ether oxygens (including phenoxy) is 2. The molecule has 2 aromatic rings. The van der Waals surface area contributed by atoms with Gasteiger partial charge in [0, 0.05) is 18.8 Å². The maximum Gasteiger partial charge on any atom is 0.264 e. The van der Waals surface area contributed by atoms with Gasteiger partial charge in [0.05, 0.1) is 19.9 Å². The molecule has 0 unspecified atom stereocenters. The highest BCUT2D eigenvalue weighted by molar-refractivity contribution is 7.93. The molecule has 0 aliphatic carbocycles. The topological polar surface area (TPSA) is 88.7 Å². The zero-order valence-corrected chi connectivity index (χ0v) is 15.6. The lowest BCUT2D eigenvalue weighted by atomic mass is 10.3. The predicted octanol–water partition coefficient (Wildman–Crippen LogP) is 2.42. The third-order valence-electron chi connectivity index (χ3n) is 3.30. The van der Waals surface area contributed by atoms with E-state index in [-0.39, 0.29) is 4.90 Å². The summed E-state index contributed by atoms with van der Waals surface area (Å²) in [5, 5.41) is 5.89. The molecular formula is C16H19N3O4S2. The molecule has 3 N–H and O–H groups in total. The fourth-order valence-corrected chi connectivity index (χ4v) is 3.36. The van der Waals surface area contributed by atoms with Crippen LogP contribution in [0.2, 0.25) is 0 Å². The number of thiocarbonyl (C=S) groups is 1. The molecule has 0 bridgehead atoms. The van der Waals surface area contributed by atoms with Crippen LogP contribution in [-0.4, -0.2) is 34.8 Å². The summed E-state index contributed by atoms with van der Waals surface area (Å²) in [7, 11) is 0.777. The Balaban J connectivity index is 2.39. The van der Waals surface area contributed by atoms with Gasteiger partial charge < -0.3 is 20.1 Å². The van der Waals surface area contributed by atoms with Crippen LogP contribution < -0.4 is 24.8 Å². The minimum atomic E-state index is -3.87. The average molecular weight is 381 g/mol. The van der Waals surface area contributed by atoms with Gasteiger partial charge in [0.25, 0.3) is 10.0 Å². The first-order valence-electron chi connectivity index (χ1n) is 7.23. The van der Waals surface area contributed by atoms with Crippen LogP contribution >= 0.6 is 12.2 Å². The van der Waals surface area contributed by atoms with Crippen LogP contribution in [0.4, 0.5) is 11.4 Å². The van der Waals surface area contributed by atoms with Crippen molar-refractivity contribution >= 4 is 38.7 Å². The first-order valence-corrected chi connectivity index (χ1v) is 9.12. The molecule has 0 saturated carbocycles. The molecular weight excluding hydrogens is 362 g/mol. The zero-order valence-electron chi connectivity index (χ0n) is 14.0. The normalized spacial score (nSPS) is 10.7. The highest BCUT2D eigenvalue weighted by Gasteiger charge is 2.20. The van der Waals surface area contributed by atoms with Crippen molar-refractivity contribution in [2.24, 2.45) is 0 Å². The molecule has 0 saturated heterocycles. The van der Waals surface area contributed by atoms with E-state index in [4.69, 9.17) is 21.7 Å². The van der Waals surface area contributed by atoms with Crippen LogP contribution in [-0.2, 0) is 10.0 Å². The Morgan fingerprint density at radius 1 is 1.00 bits per heavy atom. The first-order chi connectivity index (χ1) is 11.9. The number of methoxy groups -OCH3 is 2. The zero-order chi connectivity index (χ0) is 18.4. The Bertz CT molecular complexity index is 852. The number of nitrogens with one attached hydrogen (secondary N) is 3. The van der Waals surface area contributed by atoms with Crippen molar-refractivity contribution in [3.63, 3.8) is 0 Å².